The van der Waals surface area contributed by atoms with Crippen molar-refractivity contribution >= 4 is 22.8 Å². The molecule has 0 spiro atoms. The smallest absolute Gasteiger partial charge is 0.196 e. The molecule has 0 heterocycles. The van der Waals surface area contributed by atoms with Gasteiger partial charge in [-0.3, -0.25) is 10.1 Å². The largest absolute Gasteiger partial charge is 0.472 e. The van der Waals surface area contributed by atoms with Gasteiger partial charge >= 0.3 is 0 Å². The fraction of sp³-hybridized carbons (Fsp3) is 0.667. The molecule has 1 N–H and O–H groups in total. The number of ketones is 1. The number of carbonyl (C=O) groups excluding carboxylic acids is 1. The minimum Gasteiger partial charge on any atom is -0.472 e. The van der Waals surface area contributed by atoms with Crippen LogP contribution in [0.5, 0.6) is 5.75 Å². The van der Waals surface area contributed by atoms with Crippen LogP contribution in [0.4, 0.5) is 0 Å². The fourth-order valence-electron chi connectivity index (χ4n) is 5.84. The zero-order valence-corrected chi connectivity index (χ0v) is 29.9. The van der Waals surface area contributed by atoms with Crippen LogP contribution >= 0.6 is 17.0 Å². The summed E-state index contributed by atoms with van der Waals surface area (Å²) in [6.45, 7) is 9.96. The van der Waals surface area contributed by atoms with Crippen LogP contribution in [-0.4, -0.2) is 18.1 Å². The first-order chi connectivity index (χ1) is 20.5. The number of carbonyl (C=O) groups is 1. The Morgan fingerprint density at radius 2 is 1.14 bits per heavy atom. The van der Waals surface area contributed by atoms with E-state index in [0.717, 1.165) is 19.4 Å². The van der Waals surface area contributed by atoms with E-state index in [1.807, 2.05) is 54.6 Å². The van der Waals surface area contributed by atoms with E-state index in [0.29, 0.717) is 22.8 Å². The number of benzene rings is 2. The van der Waals surface area contributed by atoms with Crippen LogP contribution in [0.25, 0.3) is 0 Å². The molecule has 2 aromatic rings. The first-order valence-corrected chi connectivity index (χ1v) is 17.6. The molecule has 0 fully saturated rings. The summed E-state index contributed by atoms with van der Waals surface area (Å²) >= 11 is 0. The van der Waals surface area contributed by atoms with Crippen LogP contribution in [0.15, 0.2) is 54.6 Å². The second kappa shape index (κ2) is 24.6. The van der Waals surface area contributed by atoms with Crippen LogP contribution in [0.1, 0.15) is 166 Å². The maximum atomic E-state index is 13.4. The number of rotatable bonds is 26. The Bertz CT molecular complexity index is 949. The molecular formula is C39H64BrNO2. The van der Waals surface area contributed by atoms with Crippen molar-refractivity contribution in [3.05, 3.63) is 65.7 Å². The van der Waals surface area contributed by atoms with Crippen LogP contribution in [0.2, 0.25) is 0 Å². The van der Waals surface area contributed by atoms with Gasteiger partial charge in [0.15, 0.2) is 11.5 Å². The highest BCUT2D eigenvalue weighted by molar-refractivity contribution is 8.93. The zero-order valence-electron chi connectivity index (χ0n) is 28.1. The predicted octanol–water partition coefficient (Wildman–Crippen LogP) is 12.3. The summed E-state index contributed by atoms with van der Waals surface area (Å²) < 4.78 is 6.78. The molecule has 0 aliphatic carbocycles. The molecule has 0 aliphatic heterocycles. The van der Waals surface area contributed by atoms with Gasteiger partial charge in [-0.15, -0.1) is 17.0 Å². The van der Waals surface area contributed by atoms with E-state index in [9.17, 15) is 4.79 Å². The first kappa shape index (κ1) is 39.4. The summed E-state index contributed by atoms with van der Waals surface area (Å²) in [6.07, 6.45) is 25.3. The summed E-state index contributed by atoms with van der Waals surface area (Å²) in [6, 6.07) is 17.3. The normalized spacial score (nSPS) is 13.2. The average Bonchev–Trinajstić information content (AvgIpc) is 3.01. The molecule has 0 aromatic heterocycles. The Hall–Kier alpha value is -1.65. The molecule has 3 nitrogen and oxygen atoms in total. The lowest BCUT2D eigenvalue weighted by atomic mass is 9.91. The van der Waals surface area contributed by atoms with Crippen molar-refractivity contribution in [1.29, 1.82) is 0 Å². The van der Waals surface area contributed by atoms with Crippen LogP contribution in [0.3, 0.4) is 0 Å². The van der Waals surface area contributed by atoms with Gasteiger partial charge in [-0.1, -0.05) is 172 Å². The second-order valence-corrected chi connectivity index (χ2v) is 12.7. The standard InChI is InChI=1S/C39H63NO2.BrH/c1-5-7-9-11-12-13-14-15-16-17-18-19-20-22-28-34(3)39(4,40-33-27-10-8-6-2)42-37-32-26-25-31-36(37)38(41)35-29-23-21-24-30-35;/h21,23-26,29-32,34,40H,5-20,22,27-28,33H2,1-4H3;1H. The molecule has 0 amide bonds. The Kier molecular flexibility index (Phi) is 22.6. The molecule has 0 aliphatic rings. The summed E-state index contributed by atoms with van der Waals surface area (Å²) in [5.74, 6) is 1.000. The van der Waals surface area contributed by atoms with Gasteiger partial charge < -0.3 is 4.74 Å². The van der Waals surface area contributed by atoms with E-state index in [1.165, 1.54) is 109 Å². The highest BCUT2D eigenvalue weighted by Gasteiger charge is 2.33. The lowest BCUT2D eigenvalue weighted by Gasteiger charge is -2.38. The molecule has 0 radical (unpaired) electrons. The maximum absolute atomic E-state index is 13.4. The monoisotopic (exact) mass is 657 g/mol. The van der Waals surface area contributed by atoms with Crippen LogP contribution < -0.4 is 10.1 Å². The number of hydrogen-bond acceptors (Lipinski definition) is 3. The number of unbranched alkanes of at least 4 members (excludes halogenated alkanes) is 16. The molecule has 2 atom stereocenters. The lowest BCUT2D eigenvalue weighted by molar-refractivity contribution is -0.00524. The van der Waals surface area contributed by atoms with Gasteiger partial charge in [0, 0.05) is 11.5 Å². The fourth-order valence-corrected chi connectivity index (χ4v) is 5.84. The summed E-state index contributed by atoms with van der Waals surface area (Å²) in [7, 11) is 0. The summed E-state index contributed by atoms with van der Waals surface area (Å²) in [5, 5.41) is 3.78. The van der Waals surface area contributed by atoms with Crippen LogP contribution in [0, 0.1) is 5.92 Å². The quantitative estimate of drug-likeness (QED) is 0.0621. The second-order valence-electron chi connectivity index (χ2n) is 12.7. The molecule has 2 unspecified atom stereocenters. The molecular weight excluding hydrogens is 594 g/mol. The topological polar surface area (TPSA) is 38.3 Å². The lowest BCUT2D eigenvalue weighted by Crippen LogP contribution is -2.53. The number of hydrogen-bond donors (Lipinski definition) is 1. The third-order valence-corrected chi connectivity index (χ3v) is 8.93. The highest BCUT2D eigenvalue weighted by atomic mass is 79.9. The van der Waals surface area contributed by atoms with Crippen LogP contribution in [-0.2, 0) is 0 Å². The van der Waals surface area contributed by atoms with Gasteiger partial charge in [0.2, 0.25) is 0 Å². The van der Waals surface area contributed by atoms with Crippen molar-refractivity contribution in [1.82, 2.24) is 5.32 Å². The van der Waals surface area contributed by atoms with Crippen molar-refractivity contribution in [2.45, 2.75) is 155 Å². The SMILES string of the molecule is Br.CCCCCCCCCCCCCCCCC(C)C(C)(NCCCCCC)Oc1ccccc1C(=O)c1ccccc1. The Balaban J connectivity index is 0.00000924. The van der Waals surface area contributed by atoms with E-state index in [2.05, 4.69) is 33.0 Å². The predicted molar refractivity (Wildman–Crippen MR) is 192 cm³/mol. The number of ether oxygens (including phenoxy) is 1. The molecule has 2 rings (SSSR count). The van der Waals surface area contributed by atoms with E-state index in [1.54, 1.807) is 0 Å². The van der Waals surface area contributed by atoms with E-state index in [4.69, 9.17) is 4.74 Å². The van der Waals surface area contributed by atoms with E-state index >= 15 is 0 Å². The zero-order chi connectivity index (χ0) is 30.3. The van der Waals surface area contributed by atoms with Crippen molar-refractivity contribution in [3.8, 4) is 5.75 Å². The van der Waals surface area contributed by atoms with E-state index in [-0.39, 0.29) is 22.8 Å². The van der Waals surface area contributed by atoms with Gasteiger partial charge in [0.05, 0.1) is 5.56 Å². The van der Waals surface area contributed by atoms with Gasteiger partial charge in [-0.2, -0.15) is 0 Å². The molecule has 0 bridgehead atoms. The highest BCUT2D eigenvalue weighted by Crippen LogP contribution is 2.31. The Morgan fingerprint density at radius 3 is 1.70 bits per heavy atom. The molecule has 0 saturated carbocycles. The van der Waals surface area contributed by atoms with Gasteiger partial charge in [-0.25, -0.2) is 0 Å². The van der Waals surface area contributed by atoms with Crippen molar-refractivity contribution in [3.63, 3.8) is 0 Å². The first-order valence-electron chi connectivity index (χ1n) is 17.6. The summed E-state index contributed by atoms with van der Waals surface area (Å²) in [5.41, 5.74) is 0.792. The minimum absolute atomic E-state index is 0. The summed E-state index contributed by atoms with van der Waals surface area (Å²) in [4.78, 5) is 13.4. The Labute approximate surface area is 276 Å². The van der Waals surface area contributed by atoms with Crippen molar-refractivity contribution in [2.75, 3.05) is 6.54 Å². The average molecular weight is 659 g/mol. The van der Waals surface area contributed by atoms with Gasteiger partial charge in [-0.05, 0) is 38.4 Å². The maximum Gasteiger partial charge on any atom is 0.196 e. The van der Waals surface area contributed by atoms with Gasteiger partial charge in [0.25, 0.3) is 0 Å². The Morgan fingerprint density at radius 1 is 0.674 bits per heavy atom. The third-order valence-electron chi connectivity index (χ3n) is 8.93. The molecule has 43 heavy (non-hydrogen) atoms. The number of halogens is 1. The molecule has 4 heteroatoms. The minimum atomic E-state index is -0.532. The van der Waals surface area contributed by atoms with E-state index < -0.39 is 5.72 Å². The van der Waals surface area contributed by atoms with Crippen molar-refractivity contribution < 1.29 is 9.53 Å². The molecule has 0 saturated heterocycles. The van der Waals surface area contributed by atoms with Gasteiger partial charge in [0.1, 0.15) is 5.75 Å². The molecule has 2 aromatic carbocycles. The molecule has 244 valence electrons. The van der Waals surface area contributed by atoms with Crippen molar-refractivity contribution in [2.24, 2.45) is 5.92 Å². The number of para-hydroxylation sites is 1. The third kappa shape index (κ3) is 16.3. The number of nitrogens with one attached hydrogen (secondary N) is 1.